The molecule has 0 unspecified atom stereocenters. The summed E-state index contributed by atoms with van der Waals surface area (Å²) in [6, 6.07) is 10.1. The van der Waals surface area contributed by atoms with Gasteiger partial charge in [-0.25, -0.2) is 4.39 Å². The van der Waals surface area contributed by atoms with E-state index >= 15 is 0 Å². The summed E-state index contributed by atoms with van der Waals surface area (Å²) in [5.74, 6) is -0.244. The standard InChI is InChI=1S/C15H16FN3O/c16-11-1-3-12(4-2-11)19-13-5-6-14(18-9-13)15-10-17-7-8-20-15/h1-6,9,15,17,19H,7-8,10H2/t15-/m1/s1. The number of morpholine rings is 1. The molecule has 0 aliphatic carbocycles. The van der Waals surface area contributed by atoms with Crippen LogP contribution in [-0.2, 0) is 4.74 Å². The van der Waals surface area contributed by atoms with Gasteiger partial charge in [-0.2, -0.15) is 0 Å². The van der Waals surface area contributed by atoms with Crippen LogP contribution < -0.4 is 10.6 Å². The van der Waals surface area contributed by atoms with Crippen molar-refractivity contribution < 1.29 is 9.13 Å². The topological polar surface area (TPSA) is 46.2 Å². The smallest absolute Gasteiger partial charge is 0.123 e. The van der Waals surface area contributed by atoms with E-state index in [1.807, 2.05) is 12.1 Å². The second-order valence-electron chi connectivity index (χ2n) is 4.67. The molecule has 20 heavy (non-hydrogen) atoms. The fourth-order valence-electron chi connectivity index (χ4n) is 2.12. The van der Waals surface area contributed by atoms with Gasteiger partial charge < -0.3 is 15.4 Å². The quantitative estimate of drug-likeness (QED) is 0.902. The Hall–Kier alpha value is -1.98. The van der Waals surface area contributed by atoms with E-state index in [2.05, 4.69) is 15.6 Å². The van der Waals surface area contributed by atoms with Gasteiger partial charge in [0.25, 0.3) is 0 Å². The number of halogens is 1. The molecule has 1 aromatic heterocycles. The minimum atomic E-state index is -0.244. The molecule has 0 radical (unpaired) electrons. The fourth-order valence-corrected chi connectivity index (χ4v) is 2.12. The molecule has 0 bridgehead atoms. The van der Waals surface area contributed by atoms with Crippen molar-refractivity contribution in [1.29, 1.82) is 0 Å². The number of anilines is 2. The molecule has 5 heteroatoms. The van der Waals surface area contributed by atoms with Gasteiger partial charge in [0.05, 0.1) is 24.2 Å². The molecular formula is C15H16FN3O. The second kappa shape index (κ2) is 5.98. The molecule has 1 saturated heterocycles. The maximum Gasteiger partial charge on any atom is 0.123 e. The number of hydrogen-bond donors (Lipinski definition) is 2. The third-order valence-electron chi connectivity index (χ3n) is 3.18. The summed E-state index contributed by atoms with van der Waals surface area (Å²) in [7, 11) is 0. The van der Waals surface area contributed by atoms with Gasteiger partial charge in [-0.05, 0) is 36.4 Å². The highest BCUT2D eigenvalue weighted by atomic mass is 19.1. The van der Waals surface area contributed by atoms with E-state index in [4.69, 9.17) is 4.74 Å². The molecule has 2 N–H and O–H groups in total. The summed E-state index contributed by atoms with van der Waals surface area (Å²) < 4.78 is 18.5. The molecule has 0 amide bonds. The molecular weight excluding hydrogens is 257 g/mol. The van der Waals surface area contributed by atoms with E-state index in [0.29, 0.717) is 6.61 Å². The Bertz CT molecular complexity index is 550. The first-order valence-corrected chi connectivity index (χ1v) is 6.62. The highest BCUT2D eigenvalue weighted by Crippen LogP contribution is 2.20. The minimum Gasteiger partial charge on any atom is -0.369 e. The van der Waals surface area contributed by atoms with E-state index in [-0.39, 0.29) is 11.9 Å². The van der Waals surface area contributed by atoms with Crippen LogP contribution in [-0.4, -0.2) is 24.7 Å². The maximum absolute atomic E-state index is 12.8. The van der Waals surface area contributed by atoms with Gasteiger partial charge in [0.15, 0.2) is 0 Å². The molecule has 0 spiro atoms. The molecule has 1 atom stereocenters. The third-order valence-corrected chi connectivity index (χ3v) is 3.18. The Morgan fingerprint density at radius 1 is 1.15 bits per heavy atom. The summed E-state index contributed by atoms with van der Waals surface area (Å²) in [6.07, 6.45) is 1.78. The Morgan fingerprint density at radius 3 is 2.60 bits per heavy atom. The van der Waals surface area contributed by atoms with Crippen molar-refractivity contribution >= 4 is 11.4 Å². The predicted molar refractivity (Wildman–Crippen MR) is 75.5 cm³/mol. The molecule has 2 aromatic rings. The average Bonchev–Trinajstić information content (AvgIpc) is 2.51. The monoisotopic (exact) mass is 273 g/mol. The zero-order valence-electron chi connectivity index (χ0n) is 11.0. The van der Waals surface area contributed by atoms with Crippen molar-refractivity contribution in [1.82, 2.24) is 10.3 Å². The molecule has 1 aliphatic rings. The Labute approximate surface area is 117 Å². The zero-order chi connectivity index (χ0) is 13.8. The van der Waals surface area contributed by atoms with E-state index < -0.39 is 0 Å². The van der Waals surface area contributed by atoms with Crippen LogP contribution in [0.25, 0.3) is 0 Å². The number of rotatable bonds is 3. The molecule has 1 aromatic carbocycles. The SMILES string of the molecule is Fc1ccc(Nc2ccc([C@H]3CNCCO3)nc2)cc1. The Morgan fingerprint density at radius 2 is 1.95 bits per heavy atom. The van der Waals surface area contributed by atoms with Crippen molar-refractivity contribution in [3.05, 3.63) is 54.1 Å². The van der Waals surface area contributed by atoms with Gasteiger partial charge >= 0.3 is 0 Å². The van der Waals surface area contributed by atoms with Crippen LogP contribution in [0.1, 0.15) is 11.8 Å². The summed E-state index contributed by atoms with van der Waals surface area (Å²) in [6.45, 7) is 2.39. The molecule has 104 valence electrons. The first-order chi connectivity index (χ1) is 9.81. The lowest BCUT2D eigenvalue weighted by Crippen LogP contribution is -2.33. The van der Waals surface area contributed by atoms with E-state index in [1.165, 1.54) is 12.1 Å². The highest BCUT2D eigenvalue weighted by Gasteiger charge is 2.16. The number of aromatic nitrogens is 1. The Balaban J connectivity index is 1.67. The van der Waals surface area contributed by atoms with E-state index in [9.17, 15) is 4.39 Å². The average molecular weight is 273 g/mol. The number of pyridine rings is 1. The van der Waals surface area contributed by atoms with Gasteiger partial charge in [0.2, 0.25) is 0 Å². The number of benzene rings is 1. The molecule has 0 saturated carbocycles. The fraction of sp³-hybridized carbons (Fsp3) is 0.267. The lowest BCUT2D eigenvalue weighted by molar-refractivity contribution is 0.0250. The van der Waals surface area contributed by atoms with Crippen molar-refractivity contribution in [3.63, 3.8) is 0 Å². The third kappa shape index (κ3) is 3.12. The maximum atomic E-state index is 12.8. The van der Waals surface area contributed by atoms with Crippen LogP contribution >= 0.6 is 0 Å². The van der Waals surface area contributed by atoms with Crippen LogP contribution in [0.5, 0.6) is 0 Å². The molecule has 1 fully saturated rings. The molecule has 3 rings (SSSR count). The van der Waals surface area contributed by atoms with Crippen molar-refractivity contribution in [3.8, 4) is 0 Å². The van der Waals surface area contributed by atoms with E-state index in [0.717, 1.165) is 30.2 Å². The Kier molecular flexibility index (Phi) is 3.90. The molecule has 2 heterocycles. The van der Waals surface area contributed by atoms with Crippen LogP contribution in [0.2, 0.25) is 0 Å². The summed E-state index contributed by atoms with van der Waals surface area (Å²) >= 11 is 0. The molecule has 4 nitrogen and oxygen atoms in total. The summed E-state index contributed by atoms with van der Waals surface area (Å²) in [4.78, 5) is 4.41. The summed E-state index contributed by atoms with van der Waals surface area (Å²) in [5.41, 5.74) is 2.61. The highest BCUT2D eigenvalue weighted by molar-refractivity contribution is 5.58. The second-order valence-corrected chi connectivity index (χ2v) is 4.67. The van der Waals surface area contributed by atoms with Crippen molar-refractivity contribution in [2.24, 2.45) is 0 Å². The van der Waals surface area contributed by atoms with Gasteiger partial charge in [0.1, 0.15) is 11.9 Å². The van der Waals surface area contributed by atoms with Crippen LogP contribution in [0.3, 0.4) is 0 Å². The van der Waals surface area contributed by atoms with E-state index in [1.54, 1.807) is 18.3 Å². The summed E-state index contributed by atoms with van der Waals surface area (Å²) in [5, 5.41) is 6.45. The lowest BCUT2D eigenvalue weighted by atomic mass is 10.2. The minimum absolute atomic E-state index is 0.0172. The van der Waals surface area contributed by atoms with Crippen molar-refractivity contribution in [2.45, 2.75) is 6.10 Å². The zero-order valence-corrected chi connectivity index (χ0v) is 11.0. The normalized spacial score (nSPS) is 18.8. The number of ether oxygens (including phenoxy) is 1. The molecule has 1 aliphatic heterocycles. The van der Waals surface area contributed by atoms with Crippen molar-refractivity contribution in [2.75, 3.05) is 25.0 Å². The lowest BCUT2D eigenvalue weighted by Gasteiger charge is -2.23. The van der Waals surface area contributed by atoms with Crippen LogP contribution in [0.15, 0.2) is 42.6 Å². The largest absolute Gasteiger partial charge is 0.369 e. The predicted octanol–water partition coefficient (Wildman–Crippen LogP) is 2.63. The van der Waals surface area contributed by atoms with Crippen LogP contribution in [0, 0.1) is 5.82 Å². The van der Waals surface area contributed by atoms with Crippen LogP contribution in [0.4, 0.5) is 15.8 Å². The van der Waals surface area contributed by atoms with Gasteiger partial charge in [-0.1, -0.05) is 0 Å². The number of nitrogens with zero attached hydrogens (tertiary/aromatic N) is 1. The van der Waals surface area contributed by atoms with Gasteiger partial charge in [-0.15, -0.1) is 0 Å². The number of hydrogen-bond acceptors (Lipinski definition) is 4. The van der Waals surface area contributed by atoms with Gasteiger partial charge in [0, 0.05) is 18.8 Å². The first-order valence-electron chi connectivity index (χ1n) is 6.62. The first kappa shape index (κ1) is 13.0. The van der Waals surface area contributed by atoms with Gasteiger partial charge in [-0.3, -0.25) is 4.98 Å². The number of nitrogens with one attached hydrogen (secondary N) is 2.